The first-order valence-corrected chi connectivity index (χ1v) is 9.44. The Morgan fingerprint density at radius 1 is 0.917 bits per heavy atom. The quantitative estimate of drug-likeness (QED) is 0.721. The number of hydrogen-bond acceptors (Lipinski definition) is 3. The number of carboxylic acids is 1. The maximum absolute atomic E-state index is 12.5. The van der Waals surface area contributed by atoms with Gasteiger partial charge in [-0.05, 0) is 69.6 Å². The van der Waals surface area contributed by atoms with Crippen molar-refractivity contribution in [2.45, 2.75) is 76.4 Å². The third-order valence-corrected chi connectivity index (χ3v) is 6.53. The minimum absolute atomic E-state index is 0.0134. The molecular formula is C18H30N2O4. The highest BCUT2D eigenvalue weighted by Gasteiger charge is 2.39. The number of nitrogens with zero attached hydrogens (tertiary/aromatic N) is 1. The van der Waals surface area contributed by atoms with E-state index in [1.807, 2.05) is 4.90 Å². The van der Waals surface area contributed by atoms with Crippen molar-refractivity contribution in [3.63, 3.8) is 0 Å². The molecule has 3 fully saturated rings. The third-order valence-electron chi connectivity index (χ3n) is 6.53. The second-order valence-corrected chi connectivity index (χ2v) is 8.05. The molecule has 0 bridgehead atoms. The zero-order valence-electron chi connectivity index (χ0n) is 14.4. The number of carbonyl (C=O) groups is 2. The van der Waals surface area contributed by atoms with Gasteiger partial charge in [0, 0.05) is 19.1 Å². The molecule has 0 unspecified atom stereocenters. The van der Waals surface area contributed by atoms with Gasteiger partial charge in [-0.2, -0.15) is 0 Å². The maximum Gasteiger partial charge on any atom is 0.317 e. The number of nitrogens with one attached hydrogen (secondary N) is 1. The normalized spacial score (nSPS) is 31.0. The van der Waals surface area contributed by atoms with Crippen LogP contribution in [0, 0.1) is 11.3 Å². The smallest absolute Gasteiger partial charge is 0.317 e. The molecule has 24 heavy (non-hydrogen) atoms. The van der Waals surface area contributed by atoms with E-state index in [1.165, 1.54) is 0 Å². The van der Waals surface area contributed by atoms with Gasteiger partial charge in [0.05, 0.1) is 12.0 Å². The molecule has 1 aliphatic heterocycles. The van der Waals surface area contributed by atoms with Crippen LogP contribution in [0.25, 0.3) is 0 Å². The van der Waals surface area contributed by atoms with Crippen LogP contribution in [0.1, 0.15) is 64.2 Å². The van der Waals surface area contributed by atoms with Gasteiger partial charge >= 0.3 is 12.0 Å². The number of hydrogen-bond donors (Lipinski definition) is 3. The summed E-state index contributed by atoms with van der Waals surface area (Å²) in [6.07, 6.45) is 8.77. The number of piperidine rings is 1. The van der Waals surface area contributed by atoms with Crippen molar-refractivity contribution in [3.8, 4) is 0 Å². The summed E-state index contributed by atoms with van der Waals surface area (Å²) in [6.45, 7) is 1.60. The van der Waals surface area contributed by atoms with Crippen LogP contribution in [0.15, 0.2) is 0 Å². The zero-order valence-corrected chi connectivity index (χ0v) is 14.4. The van der Waals surface area contributed by atoms with Gasteiger partial charge in [-0.1, -0.05) is 0 Å². The van der Waals surface area contributed by atoms with Crippen molar-refractivity contribution in [1.29, 1.82) is 0 Å². The van der Waals surface area contributed by atoms with Gasteiger partial charge < -0.3 is 20.4 Å². The molecule has 0 aromatic carbocycles. The van der Waals surface area contributed by atoms with Crippen molar-refractivity contribution in [2.24, 2.45) is 11.3 Å². The highest BCUT2D eigenvalue weighted by atomic mass is 16.4. The third kappa shape index (κ3) is 4.02. The average molecular weight is 338 g/mol. The molecule has 6 nitrogen and oxygen atoms in total. The Kier molecular flexibility index (Phi) is 5.33. The Morgan fingerprint density at radius 2 is 1.50 bits per heavy atom. The first-order chi connectivity index (χ1) is 11.5. The lowest BCUT2D eigenvalue weighted by Gasteiger charge is -2.45. The lowest BCUT2D eigenvalue weighted by Crippen LogP contribution is -2.51. The van der Waals surface area contributed by atoms with Gasteiger partial charge in [-0.25, -0.2) is 4.79 Å². The molecule has 6 heteroatoms. The summed E-state index contributed by atoms with van der Waals surface area (Å²) in [7, 11) is 0. The van der Waals surface area contributed by atoms with Crippen molar-refractivity contribution < 1.29 is 19.8 Å². The van der Waals surface area contributed by atoms with E-state index in [0.717, 1.165) is 64.5 Å². The number of likely N-dealkylation sites (tertiary alicyclic amines) is 1. The summed E-state index contributed by atoms with van der Waals surface area (Å²) < 4.78 is 0. The standard InChI is InChI=1S/C18H30N2O4/c21-15-5-7-18(8-6-15)9-11-20(12-10-18)17(24)19-14-3-1-13(2-4-14)16(22)23/h13-15,21H,1-12H2,(H,19,24)(H,22,23). The number of aliphatic hydroxyl groups excluding tert-OH is 1. The first kappa shape index (κ1) is 17.5. The summed E-state index contributed by atoms with van der Waals surface area (Å²) in [5.74, 6) is -0.951. The van der Waals surface area contributed by atoms with Gasteiger partial charge in [-0.15, -0.1) is 0 Å². The van der Waals surface area contributed by atoms with E-state index >= 15 is 0 Å². The fraction of sp³-hybridized carbons (Fsp3) is 0.889. The molecule has 0 aromatic rings. The molecule has 2 aliphatic carbocycles. The molecule has 0 aromatic heterocycles. The van der Waals surface area contributed by atoms with Crippen LogP contribution in [0.4, 0.5) is 4.79 Å². The molecule has 136 valence electrons. The molecule has 1 saturated heterocycles. The molecule has 1 spiro atoms. The van der Waals surface area contributed by atoms with Crippen molar-refractivity contribution in [3.05, 3.63) is 0 Å². The van der Waals surface area contributed by atoms with Gasteiger partial charge in [0.2, 0.25) is 0 Å². The van der Waals surface area contributed by atoms with E-state index in [-0.39, 0.29) is 24.1 Å². The topological polar surface area (TPSA) is 89.9 Å². The van der Waals surface area contributed by atoms with E-state index in [2.05, 4.69) is 5.32 Å². The fourth-order valence-corrected chi connectivity index (χ4v) is 4.65. The summed E-state index contributed by atoms with van der Waals surface area (Å²) >= 11 is 0. The van der Waals surface area contributed by atoms with Gasteiger partial charge in [0.1, 0.15) is 0 Å². The molecule has 1 heterocycles. The van der Waals surface area contributed by atoms with Crippen LogP contribution in [0.5, 0.6) is 0 Å². The molecule has 0 radical (unpaired) electrons. The number of rotatable bonds is 2. The van der Waals surface area contributed by atoms with Crippen molar-refractivity contribution in [1.82, 2.24) is 10.2 Å². The number of urea groups is 1. The Labute approximate surface area is 143 Å². The zero-order chi connectivity index (χ0) is 17.2. The molecule has 3 N–H and O–H groups in total. The largest absolute Gasteiger partial charge is 0.481 e. The number of carboxylic acid groups (broad SMARTS) is 1. The van der Waals surface area contributed by atoms with E-state index < -0.39 is 5.97 Å². The predicted molar refractivity (Wildman–Crippen MR) is 89.6 cm³/mol. The Morgan fingerprint density at radius 3 is 2.04 bits per heavy atom. The van der Waals surface area contributed by atoms with Crippen LogP contribution >= 0.6 is 0 Å². The fourth-order valence-electron chi connectivity index (χ4n) is 4.65. The molecule has 2 saturated carbocycles. The SMILES string of the molecule is O=C(O)C1CCC(NC(=O)N2CCC3(CCC(O)CC3)CC2)CC1. The highest BCUT2D eigenvalue weighted by Crippen LogP contribution is 2.44. The van der Waals surface area contributed by atoms with E-state index in [1.54, 1.807) is 0 Å². The number of amides is 2. The van der Waals surface area contributed by atoms with Crippen molar-refractivity contribution in [2.75, 3.05) is 13.1 Å². The second-order valence-electron chi connectivity index (χ2n) is 8.05. The maximum atomic E-state index is 12.5. The van der Waals surface area contributed by atoms with E-state index in [0.29, 0.717) is 18.3 Å². The van der Waals surface area contributed by atoms with E-state index in [9.17, 15) is 14.7 Å². The van der Waals surface area contributed by atoms with Gasteiger partial charge in [0.15, 0.2) is 0 Å². The lowest BCUT2D eigenvalue weighted by atomic mass is 9.67. The lowest BCUT2D eigenvalue weighted by molar-refractivity contribution is -0.142. The first-order valence-electron chi connectivity index (χ1n) is 9.44. The Hall–Kier alpha value is -1.30. The van der Waals surface area contributed by atoms with Crippen molar-refractivity contribution >= 4 is 12.0 Å². The van der Waals surface area contributed by atoms with Crippen LogP contribution < -0.4 is 5.32 Å². The minimum atomic E-state index is -0.710. The number of carbonyl (C=O) groups excluding carboxylic acids is 1. The van der Waals surface area contributed by atoms with Crippen LogP contribution in [-0.2, 0) is 4.79 Å². The summed E-state index contributed by atoms with van der Waals surface area (Å²) in [5.41, 5.74) is 0.343. The molecule has 3 rings (SSSR count). The Bertz CT molecular complexity index is 456. The minimum Gasteiger partial charge on any atom is -0.481 e. The highest BCUT2D eigenvalue weighted by molar-refractivity contribution is 5.75. The molecular weight excluding hydrogens is 308 g/mol. The van der Waals surface area contributed by atoms with Crippen LogP contribution in [-0.4, -0.2) is 52.3 Å². The summed E-state index contributed by atoms with van der Waals surface area (Å²) in [4.78, 5) is 25.4. The van der Waals surface area contributed by atoms with Gasteiger partial charge in [-0.3, -0.25) is 4.79 Å². The van der Waals surface area contributed by atoms with Crippen LogP contribution in [0.3, 0.4) is 0 Å². The van der Waals surface area contributed by atoms with E-state index in [4.69, 9.17) is 5.11 Å². The molecule has 3 aliphatic rings. The molecule has 0 atom stereocenters. The monoisotopic (exact) mass is 338 g/mol. The second kappa shape index (κ2) is 7.30. The predicted octanol–water partition coefficient (Wildman–Crippen LogP) is 2.36. The number of aliphatic carboxylic acids is 1. The number of aliphatic hydroxyl groups is 1. The van der Waals surface area contributed by atoms with Crippen LogP contribution in [0.2, 0.25) is 0 Å². The average Bonchev–Trinajstić information content (AvgIpc) is 2.59. The summed E-state index contributed by atoms with van der Waals surface area (Å²) in [6, 6.07) is 0.133. The summed E-state index contributed by atoms with van der Waals surface area (Å²) in [5, 5.41) is 21.8. The molecule has 2 amide bonds. The Balaban J connectivity index is 1.42. The van der Waals surface area contributed by atoms with Gasteiger partial charge in [0.25, 0.3) is 0 Å².